The van der Waals surface area contributed by atoms with Crippen LogP contribution in [-0.4, -0.2) is 57.3 Å². The summed E-state index contributed by atoms with van der Waals surface area (Å²) in [6.07, 6.45) is 1.76. The van der Waals surface area contributed by atoms with Gasteiger partial charge in [0.25, 0.3) is 5.56 Å². The van der Waals surface area contributed by atoms with Crippen LogP contribution in [-0.2, 0) is 6.67 Å². The lowest BCUT2D eigenvalue weighted by atomic mass is 10.2. The number of nitrogens with one attached hydrogen (secondary N) is 1. The first kappa shape index (κ1) is 15.6. The SMILES string of the molecule is CCN1CCN(Cn2ncc3c([nH]c4ccc(Cl)cc43)c2=O)CC1. The van der Waals surface area contributed by atoms with Crippen molar-refractivity contribution in [1.82, 2.24) is 24.6 Å². The summed E-state index contributed by atoms with van der Waals surface area (Å²) >= 11 is 6.07. The Bertz CT molecular complexity index is 939. The summed E-state index contributed by atoms with van der Waals surface area (Å²) in [6.45, 7) is 7.79. The van der Waals surface area contributed by atoms with Gasteiger partial charge in [-0.1, -0.05) is 18.5 Å². The molecule has 1 fully saturated rings. The molecule has 1 N–H and O–H groups in total. The van der Waals surface area contributed by atoms with Crippen LogP contribution in [0, 0.1) is 0 Å². The number of fused-ring (bicyclic) bond motifs is 3. The van der Waals surface area contributed by atoms with Gasteiger partial charge < -0.3 is 9.88 Å². The van der Waals surface area contributed by atoms with Crippen LogP contribution in [0.4, 0.5) is 0 Å². The molecule has 4 rings (SSSR count). The minimum Gasteiger partial charge on any atom is -0.350 e. The maximum absolute atomic E-state index is 12.8. The Morgan fingerprint density at radius 1 is 1.17 bits per heavy atom. The Balaban J connectivity index is 1.66. The number of hydrogen-bond donors (Lipinski definition) is 1. The molecule has 2 aromatic heterocycles. The van der Waals surface area contributed by atoms with Gasteiger partial charge in [-0.2, -0.15) is 5.10 Å². The molecule has 6 nitrogen and oxygen atoms in total. The van der Waals surface area contributed by atoms with E-state index < -0.39 is 0 Å². The van der Waals surface area contributed by atoms with E-state index in [1.54, 1.807) is 10.9 Å². The molecular formula is C17H20ClN5O. The summed E-state index contributed by atoms with van der Waals surface area (Å²) in [5.74, 6) is 0. The smallest absolute Gasteiger partial charge is 0.292 e. The van der Waals surface area contributed by atoms with Crippen molar-refractivity contribution in [2.45, 2.75) is 13.6 Å². The van der Waals surface area contributed by atoms with Crippen molar-refractivity contribution in [3.63, 3.8) is 0 Å². The zero-order chi connectivity index (χ0) is 16.7. The standard InChI is InChI=1S/C17H20ClN5O/c1-2-21-5-7-22(8-6-21)11-23-17(24)16-14(10-19-23)13-9-12(18)3-4-15(13)20-16/h3-4,9-10,20H,2,5-8,11H2,1H3. The van der Waals surface area contributed by atoms with E-state index in [4.69, 9.17) is 11.6 Å². The van der Waals surface area contributed by atoms with Gasteiger partial charge in [-0.3, -0.25) is 9.69 Å². The number of benzene rings is 1. The summed E-state index contributed by atoms with van der Waals surface area (Å²) in [4.78, 5) is 20.7. The van der Waals surface area contributed by atoms with Crippen LogP contribution in [0.15, 0.2) is 29.2 Å². The Labute approximate surface area is 144 Å². The number of piperazine rings is 1. The number of aromatic nitrogens is 3. The van der Waals surface area contributed by atoms with Gasteiger partial charge in [-0.05, 0) is 24.7 Å². The summed E-state index contributed by atoms with van der Waals surface area (Å²) in [5.41, 5.74) is 1.41. The number of rotatable bonds is 3. The monoisotopic (exact) mass is 345 g/mol. The Kier molecular flexibility index (Phi) is 4.04. The molecule has 0 spiro atoms. The van der Waals surface area contributed by atoms with E-state index >= 15 is 0 Å². The quantitative estimate of drug-likeness (QED) is 0.790. The Morgan fingerprint density at radius 2 is 1.92 bits per heavy atom. The van der Waals surface area contributed by atoms with Gasteiger partial charge >= 0.3 is 0 Å². The van der Waals surface area contributed by atoms with Crippen molar-refractivity contribution in [1.29, 1.82) is 0 Å². The third-order valence-electron chi connectivity index (χ3n) is 4.82. The molecule has 0 radical (unpaired) electrons. The number of H-pyrrole nitrogens is 1. The second-order valence-corrected chi connectivity index (χ2v) is 6.68. The van der Waals surface area contributed by atoms with Crippen molar-refractivity contribution in [3.05, 3.63) is 39.8 Å². The molecular weight excluding hydrogens is 326 g/mol. The summed E-state index contributed by atoms with van der Waals surface area (Å²) < 4.78 is 1.54. The molecule has 1 saturated heterocycles. The van der Waals surface area contributed by atoms with E-state index in [-0.39, 0.29) is 5.56 Å². The predicted molar refractivity (Wildman–Crippen MR) is 96.6 cm³/mol. The van der Waals surface area contributed by atoms with Crippen molar-refractivity contribution in [2.75, 3.05) is 32.7 Å². The fraction of sp³-hybridized carbons (Fsp3) is 0.412. The zero-order valence-corrected chi connectivity index (χ0v) is 14.4. The second-order valence-electron chi connectivity index (χ2n) is 6.25. The molecule has 126 valence electrons. The van der Waals surface area contributed by atoms with E-state index in [1.165, 1.54) is 0 Å². The fourth-order valence-electron chi connectivity index (χ4n) is 3.33. The molecule has 1 aliphatic heterocycles. The lowest BCUT2D eigenvalue weighted by Gasteiger charge is -2.33. The van der Waals surface area contributed by atoms with E-state index in [0.717, 1.165) is 49.0 Å². The molecule has 0 bridgehead atoms. The third kappa shape index (κ3) is 2.70. The highest BCUT2D eigenvalue weighted by Crippen LogP contribution is 2.25. The van der Waals surface area contributed by atoms with Crippen molar-refractivity contribution >= 4 is 33.4 Å². The Morgan fingerprint density at radius 3 is 2.67 bits per heavy atom. The fourth-order valence-corrected chi connectivity index (χ4v) is 3.51. The highest BCUT2D eigenvalue weighted by molar-refractivity contribution is 6.31. The van der Waals surface area contributed by atoms with Crippen LogP contribution in [0.3, 0.4) is 0 Å². The van der Waals surface area contributed by atoms with Crippen LogP contribution in [0.25, 0.3) is 21.8 Å². The predicted octanol–water partition coefficient (Wildman–Crippen LogP) is 2.13. The first-order valence-electron chi connectivity index (χ1n) is 8.27. The molecule has 1 aromatic carbocycles. The molecule has 0 aliphatic carbocycles. The van der Waals surface area contributed by atoms with Gasteiger partial charge in [0, 0.05) is 47.5 Å². The van der Waals surface area contributed by atoms with Crippen molar-refractivity contribution < 1.29 is 0 Å². The molecule has 3 heterocycles. The van der Waals surface area contributed by atoms with Crippen LogP contribution in [0.1, 0.15) is 6.92 Å². The summed E-state index contributed by atoms with van der Waals surface area (Å²) in [6, 6.07) is 5.58. The van der Waals surface area contributed by atoms with E-state index in [1.807, 2.05) is 18.2 Å². The molecule has 1 aliphatic rings. The number of halogens is 1. The van der Waals surface area contributed by atoms with Gasteiger partial charge in [0.05, 0.1) is 12.9 Å². The zero-order valence-electron chi connectivity index (χ0n) is 13.6. The summed E-state index contributed by atoms with van der Waals surface area (Å²) in [7, 11) is 0. The lowest BCUT2D eigenvalue weighted by molar-refractivity contribution is 0.105. The average molecular weight is 346 g/mol. The van der Waals surface area contributed by atoms with E-state index in [2.05, 4.69) is 26.8 Å². The maximum atomic E-state index is 12.8. The van der Waals surface area contributed by atoms with Crippen LogP contribution in [0.5, 0.6) is 0 Å². The molecule has 24 heavy (non-hydrogen) atoms. The van der Waals surface area contributed by atoms with E-state index in [9.17, 15) is 4.79 Å². The minimum absolute atomic E-state index is 0.0854. The molecule has 7 heteroatoms. The molecule has 3 aromatic rings. The van der Waals surface area contributed by atoms with Gasteiger partial charge in [0.2, 0.25) is 0 Å². The highest BCUT2D eigenvalue weighted by Gasteiger charge is 2.17. The van der Waals surface area contributed by atoms with Gasteiger partial charge in [-0.15, -0.1) is 0 Å². The molecule has 0 amide bonds. The molecule has 0 unspecified atom stereocenters. The van der Waals surface area contributed by atoms with Gasteiger partial charge in [0.15, 0.2) is 0 Å². The normalized spacial score (nSPS) is 17.1. The number of hydrogen-bond acceptors (Lipinski definition) is 4. The minimum atomic E-state index is -0.0854. The Hall–Kier alpha value is -1.89. The largest absolute Gasteiger partial charge is 0.350 e. The average Bonchev–Trinajstić information content (AvgIpc) is 2.97. The van der Waals surface area contributed by atoms with Crippen molar-refractivity contribution in [3.8, 4) is 0 Å². The summed E-state index contributed by atoms with van der Waals surface area (Å²) in [5, 5.41) is 6.79. The second kappa shape index (κ2) is 6.20. The molecule has 0 saturated carbocycles. The van der Waals surface area contributed by atoms with Gasteiger partial charge in [-0.25, -0.2) is 4.68 Å². The number of likely N-dealkylation sites (N-methyl/N-ethyl adjacent to an activating group) is 1. The van der Waals surface area contributed by atoms with Crippen LogP contribution in [0.2, 0.25) is 5.02 Å². The first-order chi connectivity index (χ1) is 11.7. The number of aromatic amines is 1. The first-order valence-corrected chi connectivity index (χ1v) is 8.65. The third-order valence-corrected chi connectivity index (χ3v) is 5.06. The number of nitrogens with zero attached hydrogens (tertiary/aromatic N) is 4. The molecule has 0 atom stereocenters. The van der Waals surface area contributed by atoms with Gasteiger partial charge in [0.1, 0.15) is 5.52 Å². The highest BCUT2D eigenvalue weighted by atomic mass is 35.5. The van der Waals surface area contributed by atoms with Crippen LogP contribution < -0.4 is 5.56 Å². The maximum Gasteiger partial charge on any atom is 0.292 e. The van der Waals surface area contributed by atoms with Crippen LogP contribution >= 0.6 is 11.6 Å². The van der Waals surface area contributed by atoms with E-state index in [0.29, 0.717) is 17.2 Å². The lowest BCUT2D eigenvalue weighted by Crippen LogP contribution is -2.47. The topological polar surface area (TPSA) is 57.2 Å². The van der Waals surface area contributed by atoms with Crippen molar-refractivity contribution in [2.24, 2.45) is 0 Å².